The molecule has 0 radical (unpaired) electrons. The van der Waals surface area contributed by atoms with Crippen LogP contribution in [-0.4, -0.2) is 69.9 Å². The molecule has 2 aliphatic carbocycles. The molecule has 3 unspecified atom stereocenters. The molecule has 3 N–H and O–H groups in total. The van der Waals surface area contributed by atoms with Gasteiger partial charge in [-0.2, -0.15) is 0 Å². The van der Waals surface area contributed by atoms with Crippen molar-refractivity contribution in [1.29, 1.82) is 0 Å². The highest BCUT2D eigenvalue weighted by Crippen LogP contribution is 2.65. The zero-order valence-corrected chi connectivity index (χ0v) is 24.0. The minimum Gasteiger partial charge on any atom is -0.475 e. The lowest BCUT2D eigenvalue weighted by molar-refractivity contribution is -0.151. The quantitative estimate of drug-likeness (QED) is 0.204. The molecule has 218 valence electrons. The molecule has 3 aliphatic rings. The molecule has 10 heteroatoms. The number of ketones is 1. The number of Topliss-reactive ketones (excluding diaryl/α,β-unsaturated/α-hetero) is 1. The van der Waals surface area contributed by atoms with Gasteiger partial charge < -0.3 is 25.4 Å². The van der Waals surface area contributed by atoms with Gasteiger partial charge in [0.15, 0.2) is 0 Å². The van der Waals surface area contributed by atoms with Crippen LogP contribution in [0.5, 0.6) is 0 Å². The first-order valence-corrected chi connectivity index (χ1v) is 14.2. The van der Waals surface area contributed by atoms with Gasteiger partial charge in [-0.3, -0.25) is 14.4 Å². The summed E-state index contributed by atoms with van der Waals surface area (Å²) in [6.07, 6.45) is 6.77. The van der Waals surface area contributed by atoms with Gasteiger partial charge in [0.05, 0.1) is 6.04 Å². The van der Waals surface area contributed by atoms with Crippen molar-refractivity contribution in [3.8, 4) is 0 Å². The molecule has 3 rings (SSSR count). The highest BCUT2D eigenvalue weighted by molar-refractivity contribution is 6.35. The lowest BCUT2D eigenvalue weighted by Gasteiger charge is -2.37. The number of hydrogen-bond acceptors (Lipinski definition) is 6. The summed E-state index contributed by atoms with van der Waals surface area (Å²) in [5, 5.41) is 14.8. The Hall–Kier alpha value is -2.91. The summed E-state index contributed by atoms with van der Waals surface area (Å²) in [6.45, 7) is 13.4. The number of unbranched alkanes of at least 4 members (excludes halogenated alkanes) is 1. The minimum absolute atomic E-state index is 0.0762. The van der Waals surface area contributed by atoms with Crippen LogP contribution in [0, 0.1) is 23.2 Å². The van der Waals surface area contributed by atoms with Crippen molar-refractivity contribution in [3.05, 3.63) is 12.7 Å². The summed E-state index contributed by atoms with van der Waals surface area (Å²) >= 11 is 0. The first kappa shape index (κ1) is 30.6. The summed E-state index contributed by atoms with van der Waals surface area (Å²) in [7, 11) is 0. The highest BCUT2D eigenvalue weighted by Gasteiger charge is 2.69. The number of alkyl carbamates (subject to hydrolysis) is 1. The van der Waals surface area contributed by atoms with E-state index >= 15 is 0 Å². The van der Waals surface area contributed by atoms with E-state index in [1.807, 2.05) is 13.8 Å². The maximum atomic E-state index is 14.1. The fourth-order valence-electron chi connectivity index (χ4n) is 6.42. The molecule has 2 saturated carbocycles. The first-order valence-electron chi connectivity index (χ1n) is 14.2. The molecule has 3 amide bonds. The number of piperidine rings is 1. The molecular weight excluding hydrogens is 502 g/mol. The van der Waals surface area contributed by atoms with Crippen LogP contribution >= 0.6 is 0 Å². The summed E-state index contributed by atoms with van der Waals surface area (Å²) in [6, 6.07) is -2.88. The van der Waals surface area contributed by atoms with Gasteiger partial charge in [-0.1, -0.05) is 39.2 Å². The predicted octanol–water partition coefficient (Wildman–Crippen LogP) is 3.44. The monoisotopic (exact) mass is 547 g/mol. The van der Waals surface area contributed by atoms with Gasteiger partial charge in [-0.15, -0.1) is 6.58 Å². The Kier molecular flexibility index (Phi) is 9.49. The fraction of sp³-hybridized carbons (Fsp3) is 0.759. The molecular formula is C29H45N3O7. The Morgan fingerprint density at radius 3 is 2.31 bits per heavy atom. The molecule has 0 spiro atoms. The van der Waals surface area contributed by atoms with Gasteiger partial charge in [0, 0.05) is 6.54 Å². The fourth-order valence-corrected chi connectivity index (χ4v) is 6.42. The molecule has 1 aliphatic heterocycles. The number of aliphatic carboxylic acids is 1. The van der Waals surface area contributed by atoms with Gasteiger partial charge >= 0.3 is 12.1 Å². The molecule has 39 heavy (non-hydrogen) atoms. The second kappa shape index (κ2) is 12.1. The third-order valence-corrected chi connectivity index (χ3v) is 8.56. The average Bonchev–Trinajstić information content (AvgIpc) is 3.17. The summed E-state index contributed by atoms with van der Waals surface area (Å²) in [5.41, 5.74) is -0.907. The minimum atomic E-state index is -1.61. The Balaban J connectivity index is 1.84. The van der Waals surface area contributed by atoms with E-state index in [2.05, 4.69) is 17.2 Å². The second-order valence-corrected chi connectivity index (χ2v) is 12.9. The maximum Gasteiger partial charge on any atom is 0.408 e. The molecule has 10 nitrogen and oxygen atoms in total. The molecule has 3 fully saturated rings. The number of fused-ring (bicyclic) bond motifs is 1. The van der Waals surface area contributed by atoms with Crippen molar-refractivity contribution in [2.45, 2.75) is 110 Å². The number of nitrogens with zero attached hydrogens (tertiary/aromatic N) is 1. The van der Waals surface area contributed by atoms with Crippen LogP contribution in [0.2, 0.25) is 0 Å². The van der Waals surface area contributed by atoms with E-state index in [1.54, 1.807) is 31.7 Å². The first-order chi connectivity index (χ1) is 18.2. The summed E-state index contributed by atoms with van der Waals surface area (Å²) in [5.74, 6) is -3.65. The Morgan fingerprint density at radius 1 is 1.10 bits per heavy atom. The number of likely N-dealkylation sites (tertiary alicyclic amines) is 1. The van der Waals surface area contributed by atoms with E-state index in [4.69, 9.17) is 4.74 Å². The number of rotatable bonds is 11. The van der Waals surface area contributed by atoms with E-state index < -0.39 is 47.5 Å². The van der Waals surface area contributed by atoms with Crippen LogP contribution in [0.1, 0.15) is 86.0 Å². The lowest BCUT2D eigenvalue weighted by atomic mass is 9.83. The standard InChI is InChI=1S/C29H45N3O7/c1-7-8-10-15-19(23(33)26(36)37)30-24(34)22-20-18(29(20,5)6)16-32(22)25(35)21(17-13-11-9-12-14-17)31-27(38)39-28(2,3)4/h7,17-22H,1,8-16H2,2-6H3,(H,30,34)(H,31,38)(H,36,37)/t18?,19?,20?,21-,22-/m0/s1. The van der Waals surface area contributed by atoms with Gasteiger partial charge in [0.1, 0.15) is 17.7 Å². The Morgan fingerprint density at radius 2 is 1.74 bits per heavy atom. The number of hydrogen-bond donors (Lipinski definition) is 3. The zero-order valence-electron chi connectivity index (χ0n) is 24.0. The van der Waals surface area contributed by atoms with E-state index in [-0.39, 0.29) is 35.5 Å². The van der Waals surface area contributed by atoms with Crippen LogP contribution in [0.4, 0.5) is 4.79 Å². The number of carboxylic acid groups (broad SMARTS) is 1. The Bertz CT molecular complexity index is 980. The van der Waals surface area contributed by atoms with Crippen LogP contribution in [0.15, 0.2) is 12.7 Å². The third-order valence-electron chi connectivity index (χ3n) is 8.56. The summed E-state index contributed by atoms with van der Waals surface area (Å²) < 4.78 is 5.46. The van der Waals surface area contributed by atoms with Crippen molar-refractivity contribution in [2.24, 2.45) is 23.2 Å². The number of carboxylic acids is 1. The predicted molar refractivity (Wildman–Crippen MR) is 145 cm³/mol. The van der Waals surface area contributed by atoms with E-state index in [0.29, 0.717) is 19.4 Å². The molecule has 1 heterocycles. The molecule has 0 aromatic rings. The summed E-state index contributed by atoms with van der Waals surface area (Å²) in [4.78, 5) is 65.9. The second-order valence-electron chi connectivity index (χ2n) is 12.9. The zero-order chi connectivity index (χ0) is 29.1. The van der Waals surface area contributed by atoms with Gasteiger partial charge in [0.2, 0.25) is 11.8 Å². The highest BCUT2D eigenvalue weighted by atomic mass is 16.6. The molecule has 0 aromatic heterocycles. The number of nitrogens with one attached hydrogen (secondary N) is 2. The van der Waals surface area contributed by atoms with Crippen LogP contribution < -0.4 is 10.6 Å². The molecule has 1 saturated heterocycles. The van der Waals surface area contributed by atoms with Gasteiger partial charge in [-0.25, -0.2) is 9.59 Å². The van der Waals surface area contributed by atoms with Crippen molar-refractivity contribution in [2.75, 3.05) is 6.54 Å². The van der Waals surface area contributed by atoms with E-state index in [0.717, 1.165) is 32.1 Å². The van der Waals surface area contributed by atoms with Crippen molar-refractivity contribution in [1.82, 2.24) is 15.5 Å². The number of ether oxygens (including phenoxy) is 1. The number of allylic oxidation sites excluding steroid dienone is 1. The maximum absolute atomic E-state index is 14.1. The van der Waals surface area contributed by atoms with E-state index in [1.165, 1.54) is 0 Å². The smallest absolute Gasteiger partial charge is 0.408 e. The topological polar surface area (TPSA) is 142 Å². The Labute approximate surface area is 231 Å². The number of amides is 3. The molecule has 0 aromatic carbocycles. The van der Waals surface area contributed by atoms with Crippen LogP contribution in [0.3, 0.4) is 0 Å². The van der Waals surface area contributed by atoms with Gasteiger partial charge in [0.25, 0.3) is 5.78 Å². The lowest BCUT2D eigenvalue weighted by Crippen LogP contribution is -2.59. The van der Waals surface area contributed by atoms with Crippen LogP contribution in [0.25, 0.3) is 0 Å². The number of carbonyl (C=O) groups is 5. The largest absolute Gasteiger partial charge is 0.475 e. The van der Waals surface area contributed by atoms with Gasteiger partial charge in [-0.05, 0) is 76.0 Å². The third kappa shape index (κ3) is 7.19. The van der Waals surface area contributed by atoms with Crippen molar-refractivity contribution in [3.63, 3.8) is 0 Å². The normalized spacial score (nSPS) is 25.6. The SMILES string of the molecule is C=CCCCC(NC(=O)[C@@H]1C2C(CN1C(=O)[C@@H](NC(=O)OC(C)(C)C)C1CCCCC1)C2(C)C)C(=O)C(=O)O. The molecule has 5 atom stereocenters. The number of carbonyl (C=O) groups excluding carboxylic acids is 4. The van der Waals surface area contributed by atoms with Crippen molar-refractivity contribution < 1.29 is 33.8 Å². The molecule has 0 bridgehead atoms. The van der Waals surface area contributed by atoms with Crippen molar-refractivity contribution >= 4 is 29.7 Å². The van der Waals surface area contributed by atoms with E-state index in [9.17, 15) is 29.1 Å². The van der Waals surface area contributed by atoms with Crippen LogP contribution in [-0.2, 0) is 23.9 Å². The average molecular weight is 548 g/mol.